The third-order valence-corrected chi connectivity index (χ3v) is 3.40. The van der Waals surface area contributed by atoms with Crippen molar-refractivity contribution in [3.05, 3.63) is 58.0 Å². The minimum absolute atomic E-state index is 0.438. The largest absolute Gasteiger partial charge is 0.466 e. The first-order valence-corrected chi connectivity index (χ1v) is 6.30. The highest BCUT2D eigenvalue weighted by Gasteiger charge is 2.31. The first-order chi connectivity index (χ1) is 8.93. The van der Waals surface area contributed by atoms with Crippen LogP contribution in [0.2, 0.25) is 0 Å². The average molecular weight is 334 g/mol. The monoisotopic (exact) mass is 333 g/mol. The molecule has 0 aliphatic carbocycles. The smallest absolute Gasteiger partial charge is 0.416 e. The fraction of sp³-hybridized carbons (Fsp3) is 0.231. The van der Waals surface area contributed by atoms with Crippen molar-refractivity contribution >= 4 is 15.9 Å². The van der Waals surface area contributed by atoms with Gasteiger partial charge in [-0.2, -0.15) is 13.2 Å². The van der Waals surface area contributed by atoms with E-state index in [9.17, 15) is 13.2 Å². The summed E-state index contributed by atoms with van der Waals surface area (Å²) in [7, 11) is 1.67. The molecule has 0 amide bonds. The Hall–Kier alpha value is -1.27. The summed E-state index contributed by atoms with van der Waals surface area (Å²) in [6.45, 7) is 0. The fourth-order valence-corrected chi connectivity index (χ4v) is 2.29. The van der Waals surface area contributed by atoms with Gasteiger partial charge in [-0.25, -0.2) is 0 Å². The maximum atomic E-state index is 12.7. The Labute approximate surface area is 116 Å². The second kappa shape index (κ2) is 5.38. The zero-order valence-corrected chi connectivity index (χ0v) is 11.5. The molecule has 6 heteroatoms. The summed E-state index contributed by atoms with van der Waals surface area (Å²) in [6, 6.07) is 6.45. The molecule has 0 fully saturated rings. The van der Waals surface area contributed by atoms with Crippen molar-refractivity contribution in [3.8, 4) is 0 Å². The van der Waals surface area contributed by atoms with E-state index in [1.54, 1.807) is 19.2 Å². The number of furan rings is 1. The summed E-state index contributed by atoms with van der Waals surface area (Å²) >= 11 is 3.31. The third-order valence-electron chi connectivity index (χ3n) is 2.74. The molecule has 2 aromatic rings. The molecule has 0 spiro atoms. The fourth-order valence-electron chi connectivity index (χ4n) is 1.86. The molecule has 0 saturated heterocycles. The summed E-state index contributed by atoms with van der Waals surface area (Å²) < 4.78 is 44.1. The zero-order chi connectivity index (χ0) is 14.0. The van der Waals surface area contributed by atoms with Crippen LogP contribution in [0, 0.1) is 0 Å². The summed E-state index contributed by atoms with van der Waals surface area (Å²) in [5.41, 5.74) is -0.180. The molecule has 1 atom stereocenters. The van der Waals surface area contributed by atoms with Crippen molar-refractivity contribution in [2.24, 2.45) is 0 Å². The lowest BCUT2D eigenvalue weighted by atomic mass is 10.0. The lowest BCUT2D eigenvalue weighted by Gasteiger charge is -2.16. The van der Waals surface area contributed by atoms with Gasteiger partial charge in [0.2, 0.25) is 0 Å². The summed E-state index contributed by atoms with van der Waals surface area (Å²) in [4.78, 5) is 0. The Bertz CT molecular complexity index is 565. The molecule has 1 aromatic carbocycles. The van der Waals surface area contributed by atoms with Gasteiger partial charge in [-0.15, -0.1) is 0 Å². The van der Waals surface area contributed by atoms with E-state index in [0.717, 1.165) is 12.1 Å². The van der Waals surface area contributed by atoms with Crippen LogP contribution in [0.4, 0.5) is 13.2 Å². The van der Waals surface area contributed by atoms with E-state index >= 15 is 0 Å². The normalized spacial score (nSPS) is 13.5. The molecule has 0 radical (unpaired) electrons. The maximum Gasteiger partial charge on any atom is 0.416 e. The van der Waals surface area contributed by atoms with Crippen LogP contribution in [0.15, 0.2) is 45.5 Å². The molecule has 1 N–H and O–H groups in total. The molecule has 2 rings (SSSR count). The Morgan fingerprint density at radius 2 is 2.00 bits per heavy atom. The van der Waals surface area contributed by atoms with Gasteiger partial charge in [0.15, 0.2) is 0 Å². The first-order valence-electron chi connectivity index (χ1n) is 5.51. The molecule has 1 heterocycles. The van der Waals surface area contributed by atoms with Gasteiger partial charge in [-0.3, -0.25) is 0 Å². The van der Waals surface area contributed by atoms with Crippen molar-refractivity contribution in [1.82, 2.24) is 5.32 Å². The summed E-state index contributed by atoms with van der Waals surface area (Å²) in [5.74, 6) is 0.543. The van der Waals surface area contributed by atoms with Crippen LogP contribution in [0.3, 0.4) is 0 Å². The Morgan fingerprint density at radius 3 is 2.53 bits per heavy atom. The highest BCUT2D eigenvalue weighted by molar-refractivity contribution is 9.10. The summed E-state index contributed by atoms with van der Waals surface area (Å²) in [6.07, 6.45) is -2.87. The minimum Gasteiger partial charge on any atom is -0.466 e. The van der Waals surface area contributed by atoms with Crippen molar-refractivity contribution in [2.45, 2.75) is 12.2 Å². The number of hydrogen-bond acceptors (Lipinski definition) is 2. The lowest BCUT2D eigenvalue weighted by molar-refractivity contribution is -0.137. The molecule has 2 nitrogen and oxygen atoms in total. The number of alkyl halides is 3. The molecule has 19 heavy (non-hydrogen) atoms. The van der Waals surface area contributed by atoms with Crippen molar-refractivity contribution in [3.63, 3.8) is 0 Å². The van der Waals surface area contributed by atoms with Crippen LogP contribution in [-0.2, 0) is 6.18 Å². The summed E-state index contributed by atoms with van der Waals surface area (Å²) in [5, 5.41) is 2.95. The Balaban J connectivity index is 2.42. The van der Waals surface area contributed by atoms with E-state index in [0.29, 0.717) is 15.8 Å². The molecule has 0 aliphatic heterocycles. The van der Waals surface area contributed by atoms with E-state index in [4.69, 9.17) is 4.42 Å². The number of hydrogen-bond donors (Lipinski definition) is 1. The average Bonchev–Trinajstić information content (AvgIpc) is 2.76. The van der Waals surface area contributed by atoms with Gasteiger partial charge in [0, 0.05) is 0 Å². The van der Waals surface area contributed by atoms with Gasteiger partial charge in [0.05, 0.1) is 22.3 Å². The zero-order valence-electron chi connectivity index (χ0n) is 9.96. The van der Waals surface area contributed by atoms with Gasteiger partial charge in [-0.1, -0.05) is 12.1 Å². The number of rotatable bonds is 3. The standard InChI is InChI=1S/C13H11BrF3NO/c1-18-11(12-10(14)5-6-19-12)8-3-2-4-9(7-8)13(15,16)17/h2-7,11,18H,1H3. The molecule has 1 aromatic heterocycles. The van der Waals surface area contributed by atoms with Crippen LogP contribution in [0.25, 0.3) is 0 Å². The number of halogens is 4. The molecular weight excluding hydrogens is 323 g/mol. The van der Waals surface area contributed by atoms with Crippen LogP contribution >= 0.6 is 15.9 Å². The SMILES string of the molecule is CNC(c1cccc(C(F)(F)F)c1)c1occc1Br. The van der Waals surface area contributed by atoms with Gasteiger partial charge >= 0.3 is 6.18 Å². The molecule has 0 bridgehead atoms. The second-order valence-corrected chi connectivity index (χ2v) is 4.83. The van der Waals surface area contributed by atoms with E-state index < -0.39 is 17.8 Å². The molecule has 1 unspecified atom stereocenters. The van der Waals surface area contributed by atoms with Crippen LogP contribution in [0.1, 0.15) is 22.9 Å². The Morgan fingerprint density at radius 1 is 1.26 bits per heavy atom. The topological polar surface area (TPSA) is 25.2 Å². The van der Waals surface area contributed by atoms with E-state index in [1.165, 1.54) is 12.3 Å². The molecule has 102 valence electrons. The van der Waals surface area contributed by atoms with Crippen LogP contribution in [-0.4, -0.2) is 7.05 Å². The van der Waals surface area contributed by atoms with Crippen LogP contribution < -0.4 is 5.32 Å². The quantitative estimate of drug-likeness (QED) is 0.902. The van der Waals surface area contributed by atoms with Crippen molar-refractivity contribution in [1.29, 1.82) is 0 Å². The Kier molecular flexibility index (Phi) is 4.01. The predicted molar refractivity (Wildman–Crippen MR) is 68.8 cm³/mol. The molecule has 0 aliphatic rings. The van der Waals surface area contributed by atoms with Gasteiger partial charge in [-0.05, 0) is 46.7 Å². The van der Waals surface area contributed by atoms with E-state index in [2.05, 4.69) is 21.2 Å². The third kappa shape index (κ3) is 3.01. The first kappa shape index (κ1) is 14.1. The maximum absolute atomic E-state index is 12.7. The van der Waals surface area contributed by atoms with Gasteiger partial charge < -0.3 is 9.73 Å². The highest BCUT2D eigenvalue weighted by Crippen LogP contribution is 2.34. The van der Waals surface area contributed by atoms with Crippen molar-refractivity contribution in [2.75, 3.05) is 7.05 Å². The van der Waals surface area contributed by atoms with E-state index in [1.807, 2.05) is 0 Å². The predicted octanol–water partition coefficient (Wildman–Crippen LogP) is 4.37. The van der Waals surface area contributed by atoms with Gasteiger partial charge in [0.25, 0.3) is 0 Å². The minimum atomic E-state index is -4.35. The number of nitrogens with one attached hydrogen (secondary N) is 1. The second-order valence-electron chi connectivity index (χ2n) is 3.98. The van der Waals surface area contributed by atoms with Crippen LogP contribution in [0.5, 0.6) is 0 Å². The van der Waals surface area contributed by atoms with Gasteiger partial charge in [0.1, 0.15) is 5.76 Å². The lowest BCUT2D eigenvalue weighted by Crippen LogP contribution is -2.18. The molecular formula is C13H11BrF3NO. The van der Waals surface area contributed by atoms with Crippen molar-refractivity contribution < 1.29 is 17.6 Å². The van der Waals surface area contributed by atoms with E-state index in [-0.39, 0.29) is 0 Å². The number of benzene rings is 1. The highest BCUT2D eigenvalue weighted by atomic mass is 79.9. The molecule has 0 saturated carbocycles.